The molecule has 0 aromatic rings. The van der Waals surface area contributed by atoms with E-state index in [1.165, 1.54) is 32.2 Å². The molecule has 2 fully saturated rings. The summed E-state index contributed by atoms with van der Waals surface area (Å²) in [6.07, 6.45) is 6.07. The number of fused-ring (bicyclic) bond motifs is 2. The van der Waals surface area contributed by atoms with Crippen LogP contribution < -0.4 is 5.32 Å². The standard InChI is InChI=1S/C13H24BrN/c1-9(2)13(7-14)15-8-12-6-10-3-4-11(12)5-10/h9-13,15H,3-8H2,1-2H3. The molecule has 2 bridgehead atoms. The summed E-state index contributed by atoms with van der Waals surface area (Å²) in [5.74, 6) is 3.88. The van der Waals surface area contributed by atoms with Crippen molar-refractivity contribution in [3.63, 3.8) is 0 Å². The molecule has 0 heterocycles. The molecule has 0 aromatic carbocycles. The Morgan fingerprint density at radius 2 is 2.07 bits per heavy atom. The first-order valence-corrected chi connectivity index (χ1v) is 7.62. The van der Waals surface area contributed by atoms with E-state index >= 15 is 0 Å². The molecule has 0 amide bonds. The maximum absolute atomic E-state index is 3.75. The number of hydrogen-bond donors (Lipinski definition) is 1. The zero-order valence-electron chi connectivity index (χ0n) is 10.0. The molecule has 2 heteroatoms. The molecule has 88 valence electrons. The van der Waals surface area contributed by atoms with Gasteiger partial charge in [0.15, 0.2) is 0 Å². The highest BCUT2D eigenvalue weighted by molar-refractivity contribution is 9.09. The van der Waals surface area contributed by atoms with Crippen LogP contribution in [0.2, 0.25) is 0 Å². The molecule has 4 atom stereocenters. The lowest BCUT2D eigenvalue weighted by Crippen LogP contribution is -2.39. The maximum Gasteiger partial charge on any atom is 0.0188 e. The van der Waals surface area contributed by atoms with Gasteiger partial charge in [0, 0.05) is 11.4 Å². The van der Waals surface area contributed by atoms with Gasteiger partial charge in [-0.15, -0.1) is 0 Å². The zero-order valence-corrected chi connectivity index (χ0v) is 11.6. The minimum atomic E-state index is 0.657. The normalized spacial score (nSPS) is 36.4. The summed E-state index contributed by atoms with van der Waals surface area (Å²) in [4.78, 5) is 0. The van der Waals surface area contributed by atoms with Crippen LogP contribution in [0, 0.1) is 23.7 Å². The summed E-state index contributed by atoms with van der Waals surface area (Å²) in [6, 6.07) is 0.657. The average molecular weight is 274 g/mol. The summed E-state index contributed by atoms with van der Waals surface area (Å²) >= 11 is 3.60. The minimum Gasteiger partial charge on any atom is -0.313 e. The van der Waals surface area contributed by atoms with E-state index < -0.39 is 0 Å². The van der Waals surface area contributed by atoms with Crippen molar-refractivity contribution in [2.24, 2.45) is 23.7 Å². The average Bonchev–Trinajstić information content (AvgIpc) is 2.79. The quantitative estimate of drug-likeness (QED) is 0.757. The first kappa shape index (κ1) is 11.9. The number of rotatable bonds is 5. The summed E-state index contributed by atoms with van der Waals surface area (Å²) in [7, 11) is 0. The molecule has 2 saturated carbocycles. The molecule has 0 aliphatic heterocycles. The molecule has 1 nitrogen and oxygen atoms in total. The lowest BCUT2D eigenvalue weighted by Gasteiger charge is -2.26. The first-order chi connectivity index (χ1) is 7.20. The Labute approximate surface area is 103 Å². The van der Waals surface area contributed by atoms with Crippen LogP contribution >= 0.6 is 15.9 Å². The van der Waals surface area contributed by atoms with E-state index in [2.05, 4.69) is 35.1 Å². The molecule has 0 saturated heterocycles. The van der Waals surface area contributed by atoms with Gasteiger partial charge in [0.25, 0.3) is 0 Å². The van der Waals surface area contributed by atoms with E-state index in [1.807, 2.05) is 0 Å². The highest BCUT2D eigenvalue weighted by atomic mass is 79.9. The van der Waals surface area contributed by atoms with Crippen molar-refractivity contribution in [1.82, 2.24) is 5.32 Å². The topological polar surface area (TPSA) is 12.0 Å². The number of alkyl halides is 1. The third-order valence-corrected chi connectivity index (χ3v) is 5.20. The fourth-order valence-electron chi connectivity index (χ4n) is 3.40. The Morgan fingerprint density at radius 1 is 1.27 bits per heavy atom. The van der Waals surface area contributed by atoms with Crippen LogP contribution in [0.3, 0.4) is 0 Å². The van der Waals surface area contributed by atoms with Crippen molar-refractivity contribution in [2.75, 3.05) is 11.9 Å². The maximum atomic E-state index is 3.75. The Bertz CT molecular complexity index is 205. The molecule has 4 unspecified atom stereocenters. The number of hydrogen-bond acceptors (Lipinski definition) is 1. The van der Waals surface area contributed by atoms with Crippen LogP contribution in [0.25, 0.3) is 0 Å². The van der Waals surface area contributed by atoms with Crippen LogP contribution in [0.5, 0.6) is 0 Å². The lowest BCUT2D eigenvalue weighted by atomic mass is 9.88. The van der Waals surface area contributed by atoms with Crippen LogP contribution in [-0.2, 0) is 0 Å². The second-order valence-corrected chi connectivity index (χ2v) is 6.50. The molecule has 1 N–H and O–H groups in total. The number of halogens is 1. The van der Waals surface area contributed by atoms with E-state index in [9.17, 15) is 0 Å². The van der Waals surface area contributed by atoms with Crippen molar-refractivity contribution in [3.05, 3.63) is 0 Å². The van der Waals surface area contributed by atoms with Crippen molar-refractivity contribution >= 4 is 15.9 Å². The second-order valence-electron chi connectivity index (χ2n) is 5.85. The third kappa shape index (κ3) is 2.76. The van der Waals surface area contributed by atoms with E-state index in [0.29, 0.717) is 6.04 Å². The highest BCUT2D eigenvalue weighted by Gasteiger charge is 2.39. The van der Waals surface area contributed by atoms with E-state index in [-0.39, 0.29) is 0 Å². The summed E-state index contributed by atoms with van der Waals surface area (Å²) in [5, 5.41) is 4.84. The largest absolute Gasteiger partial charge is 0.313 e. The van der Waals surface area contributed by atoms with Gasteiger partial charge in [-0.3, -0.25) is 0 Å². The fourth-order valence-corrected chi connectivity index (χ4v) is 4.37. The molecule has 15 heavy (non-hydrogen) atoms. The minimum absolute atomic E-state index is 0.657. The molecule has 0 spiro atoms. The molecular formula is C13H24BrN. The summed E-state index contributed by atoms with van der Waals surface area (Å²) < 4.78 is 0. The molecule has 2 rings (SSSR count). The Hall–Kier alpha value is 0.440. The van der Waals surface area contributed by atoms with Crippen LogP contribution in [-0.4, -0.2) is 17.9 Å². The number of nitrogens with one attached hydrogen (secondary N) is 1. The predicted molar refractivity (Wildman–Crippen MR) is 69.4 cm³/mol. The van der Waals surface area contributed by atoms with Crippen molar-refractivity contribution in [1.29, 1.82) is 0 Å². The van der Waals surface area contributed by atoms with Gasteiger partial charge >= 0.3 is 0 Å². The van der Waals surface area contributed by atoms with Crippen LogP contribution in [0.15, 0.2) is 0 Å². The van der Waals surface area contributed by atoms with E-state index in [1.54, 1.807) is 0 Å². The van der Waals surface area contributed by atoms with Gasteiger partial charge in [-0.05, 0) is 49.5 Å². The van der Waals surface area contributed by atoms with Crippen molar-refractivity contribution < 1.29 is 0 Å². The molecule has 2 aliphatic carbocycles. The van der Waals surface area contributed by atoms with Gasteiger partial charge in [-0.2, -0.15) is 0 Å². The smallest absolute Gasteiger partial charge is 0.0188 e. The van der Waals surface area contributed by atoms with Crippen LogP contribution in [0.4, 0.5) is 0 Å². The SMILES string of the molecule is CC(C)C(CBr)NCC1CC2CCC1C2. The fraction of sp³-hybridized carbons (Fsp3) is 1.00. The van der Waals surface area contributed by atoms with Crippen LogP contribution in [0.1, 0.15) is 39.5 Å². The summed E-state index contributed by atoms with van der Waals surface area (Å²) in [5.41, 5.74) is 0. The Kier molecular flexibility index (Phi) is 4.11. The highest BCUT2D eigenvalue weighted by Crippen LogP contribution is 2.47. The zero-order chi connectivity index (χ0) is 10.8. The Balaban J connectivity index is 1.73. The van der Waals surface area contributed by atoms with Gasteiger partial charge in [0.1, 0.15) is 0 Å². The molecule has 2 aliphatic rings. The van der Waals surface area contributed by atoms with Gasteiger partial charge in [0.05, 0.1) is 0 Å². The molecule has 0 radical (unpaired) electrons. The first-order valence-electron chi connectivity index (χ1n) is 6.50. The molecular weight excluding hydrogens is 250 g/mol. The monoisotopic (exact) mass is 273 g/mol. The van der Waals surface area contributed by atoms with Crippen molar-refractivity contribution in [3.8, 4) is 0 Å². The van der Waals surface area contributed by atoms with Gasteiger partial charge in [0.2, 0.25) is 0 Å². The second kappa shape index (κ2) is 5.18. The van der Waals surface area contributed by atoms with Crippen molar-refractivity contribution in [2.45, 2.75) is 45.6 Å². The lowest BCUT2D eigenvalue weighted by molar-refractivity contribution is 0.296. The van der Waals surface area contributed by atoms with Gasteiger partial charge in [-0.25, -0.2) is 0 Å². The van der Waals surface area contributed by atoms with E-state index in [0.717, 1.165) is 29.0 Å². The predicted octanol–water partition coefficient (Wildman–Crippen LogP) is 3.43. The van der Waals surface area contributed by atoms with Gasteiger partial charge < -0.3 is 5.32 Å². The van der Waals surface area contributed by atoms with Gasteiger partial charge in [-0.1, -0.05) is 36.2 Å². The van der Waals surface area contributed by atoms with E-state index in [4.69, 9.17) is 0 Å². The summed E-state index contributed by atoms with van der Waals surface area (Å²) in [6.45, 7) is 5.87. The Morgan fingerprint density at radius 3 is 2.53 bits per heavy atom. The molecule has 0 aromatic heterocycles. The third-order valence-electron chi connectivity index (χ3n) is 4.50.